The van der Waals surface area contributed by atoms with Crippen LogP contribution in [0.3, 0.4) is 0 Å². The molecule has 6 heteroatoms. The number of rotatable bonds is 5. The van der Waals surface area contributed by atoms with Crippen molar-refractivity contribution in [2.45, 2.75) is 44.1 Å². The molecule has 1 aliphatic carbocycles. The normalized spacial score (nSPS) is 18.5. The molecule has 0 saturated heterocycles. The van der Waals surface area contributed by atoms with Gasteiger partial charge < -0.3 is 15.2 Å². The van der Waals surface area contributed by atoms with Gasteiger partial charge in [0.05, 0.1) is 11.8 Å². The fraction of sp³-hybridized carbons (Fsp3) is 0.280. The number of anilines is 1. The van der Waals surface area contributed by atoms with Gasteiger partial charge in [0, 0.05) is 22.8 Å². The van der Waals surface area contributed by atoms with Crippen LogP contribution in [0.15, 0.2) is 54.6 Å². The maximum absolute atomic E-state index is 12.6. The molecule has 1 atom stereocenters. The smallest absolute Gasteiger partial charge is 0.346 e. The van der Waals surface area contributed by atoms with E-state index in [2.05, 4.69) is 5.32 Å². The summed E-state index contributed by atoms with van der Waals surface area (Å²) in [5.41, 5.74) is 3.00. The average molecular weight is 434 g/mol. The number of carbonyl (C=O) groups is 2. The Balaban J connectivity index is 1.52. The fourth-order valence-corrected chi connectivity index (χ4v) is 5.81. The van der Waals surface area contributed by atoms with Gasteiger partial charge in [0.1, 0.15) is 10.6 Å². The van der Waals surface area contributed by atoms with E-state index in [0.717, 1.165) is 34.6 Å². The van der Waals surface area contributed by atoms with Gasteiger partial charge in [-0.25, -0.2) is 4.79 Å². The van der Waals surface area contributed by atoms with Gasteiger partial charge in [-0.1, -0.05) is 42.5 Å². The van der Waals surface area contributed by atoms with Gasteiger partial charge in [-0.3, -0.25) is 4.79 Å². The maximum atomic E-state index is 12.6. The molecule has 5 rings (SSSR count). The Morgan fingerprint density at radius 3 is 2.42 bits per heavy atom. The molecule has 0 spiro atoms. The van der Waals surface area contributed by atoms with Gasteiger partial charge in [0.25, 0.3) is 0 Å². The van der Waals surface area contributed by atoms with Crippen LogP contribution in [-0.4, -0.2) is 23.1 Å². The summed E-state index contributed by atoms with van der Waals surface area (Å²) in [5.74, 6) is -0.411. The van der Waals surface area contributed by atoms with Gasteiger partial charge in [-0.05, 0) is 48.9 Å². The highest BCUT2D eigenvalue weighted by atomic mass is 32.1. The van der Waals surface area contributed by atoms with Crippen molar-refractivity contribution in [2.75, 3.05) is 5.32 Å². The summed E-state index contributed by atoms with van der Waals surface area (Å²) in [5, 5.41) is 12.8. The van der Waals surface area contributed by atoms with Gasteiger partial charge in [-0.15, -0.1) is 11.3 Å². The lowest BCUT2D eigenvalue weighted by Gasteiger charge is -2.24. The third-order valence-electron chi connectivity index (χ3n) is 6.05. The second-order valence-corrected chi connectivity index (χ2v) is 9.17. The van der Waals surface area contributed by atoms with Crippen molar-refractivity contribution in [1.82, 2.24) is 0 Å². The number of amides is 1. The lowest BCUT2D eigenvalue weighted by atomic mass is 9.88. The molecule has 0 radical (unpaired) electrons. The number of hydrogen-bond donors (Lipinski definition) is 2. The first-order valence-corrected chi connectivity index (χ1v) is 11.4. The molecule has 1 aliphatic heterocycles. The van der Waals surface area contributed by atoms with Crippen LogP contribution in [0.2, 0.25) is 0 Å². The molecule has 5 nitrogen and oxygen atoms in total. The Morgan fingerprint density at radius 2 is 1.74 bits per heavy atom. The minimum absolute atomic E-state index is 0.101. The molecular formula is C25H23NO4S. The predicted molar refractivity (Wildman–Crippen MR) is 121 cm³/mol. The van der Waals surface area contributed by atoms with Crippen LogP contribution < -0.4 is 10.1 Å². The van der Waals surface area contributed by atoms with Crippen LogP contribution in [0.5, 0.6) is 5.75 Å². The molecule has 1 amide bonds. The molecular weight excluding hydrogens is 410 g/mol. The number of fused-ring (bicyclic) bond motifs is 1. The molecule has 2 aromatic carbocycles. The second kappa shape index (κ2) is 8.19. The highest BCUT2D eigenvalue weighted by molar-refractivity contribution is 7.15. The number of carbonyl (C=O) groups excluding carboxylic acids is 1. The molecule has 1 fully saturated rings. The summed E-state index contributed by atoms with van der Waals surface area (Å²) in [6.07, 6.45) is 5.23. The van der Waals surface area contributed by atoms with E-state index in [1.165, 1.54) is 24.2 Å². The zero-order valence-corrected chi connectivity index (χ0v) is 17.8. The maximum Gasteiger partial charge on any atom is 0.346 e. The first kappa shape index (κ1) is 19.8. The van der Waals surface area contributed by atoms with Crippen molar-refractivity contribution >= 4 is 28.9 Å². The molecule has 2 aliphatic rings. The van der Waals surface area contributed by atoms with Crippen molar-refractivity contribution in [1.29, 1.82) is 0 Å². The highest BCUT2D eigenvalue weighted by Gasteiger charge is 2.34. The largest absolute Gasteiger partial charge is 0.490 e. The van der Waals surface area contributed by atoms with Gasteiger partial charge in [-0.2, -0.15) is 0 Å². The third-order valence-corrected chi connectivity index (χ3v) is 7.34. The number of nitrogens with one attached hydrogen (secondary N) is 1. The predicted octanol–water partition coefficient (Wildman–Crippen LogP) is 5.91. The summed E-state index contributed by atoms with van der Waals surface area (Å²) in [6, 6.07) is 17.3. The first-order valence-electron chi connectivity index (χ1n) is 10.6. The standard InChI is InChI=1S/C25H23NO4S/c27-20-14-19(15-10-12-18(13-11-15)30-17-8-4-5-9-17)23-22(26-20)21(24(31-23)25(28)29)16-6-2-1-3-7-16/h1-3,6-7,10-13,17,19H,4-5,8-9,14H2,(H,26,27)(H,28,29). The molecule has 158 valence electrons. The van der Waals surface area contributed by atoms with Crippen LogP contribution in [0, 0.1) is 0 Å². The second-order valence-electron chi connectivity index (χ2n) is 8.11. The topological polar surface area (TPSA) is 75.6 Å². The van der Waals surface area contributed by atoms with Crippen molar-refractivity contribution in [3.05, 3.63) is 69.9 Å². The zero-order valence-electron chi connectivity index (χ0n) is 17.0. The number of ether oxygens (including phenoxy) is 1. The van der Waals surface area contributed by atoms with Crippen LogP contribution in [0.4, 0.5) is 5.69 Å². The minimum Gasteiger partial charge on any atom is -0.490 e. The summed E-state index contributed by atoms with van der Waals surface area (Å²) >= 11 is 1.25. The summed E-state index contributed by atoms with van der Waals surface area (Å²) in [4.78, 5) is 25.8. The Hall–Kier alpha value is -3.12. The monoisotopic (exact) mass is 433 g/mol. The van der Waals surface area contributed by atoms with E-state index in [4.69, 9.17) is 4.74 Å². The van der Waals surface area contributed by atoms with Crippen molar-refractivity contribution in [2.24, 2.45) is 0 Å². The SMILES string of the molecule is O=C1CC(c2ccc(OC3CCCC3)cc2)c2sc(C(=O)O)c(-c3ccccc3)c2N1. The summed E-state index contributed by atoms with van der Waals surface area (Å²) < 4.78 is 6.07. The molecule has 1 aromatic heterocycles. The fourth-order valence-electron chi connectivity index (χ4n) is 4.56. The quantitative estimate of drug-likeness (QED) is 0.525. The minimum atomic E-state index is -0.980. The summed E-state index contributed by atoms with van der Waals surface area (Å²) in [6.45, 7) is 0. The number of hydrogen-bond acceptors (Lipinski definition) is 4. The van der Waals surface area contributed by atoms with E-state index in [-0.39, 0.29) is 16.7 Å². The van der Waals surface area contributed by atoms with Crippen LogP contribution >= 0.6 is 11.3 Å². The lowest BCUT2D eigenvalue weighted by molar-refractivity contribution is -0.116. The molecule has 2 N–H and O–H groups in total. The van der Waals surface area contributed by atoms with Crippen molar-refractivity contribution in [3.8, 4) is 16.9 Å². The van der Waals surface area contributed by atoms with Gasteiger partial charge in [0.2, 0.25) is 5.91 Å². The van der Waals surface area contributed by atoms with E-state index in [9.17, 15) is 14.7 Å². The van der Waals surface area contributed by atoms with Crippen molar-refractivity contribution < 1.29 is 19.4 Å². The van der Waals surface area contributed by atoms with E-state index in [1.54, 1.807) is 0 Å². The number of aromatic carboxylic acids is 1. The average Bonchev–Trinajstić information content (AvgIpc) is 3.42. The van der Waals surface area contributed by atoms with E-state index in [0.29, 0.717) is 23.8 Å². The molecule has 2 heterocycles. The lowest BCUT2D eigenvalue weighted by Crippen LogP contribution is -2.22. The molecule has 0 bridgehead atoms. The van der Waals surface area contributed by atoms with E-state index < -0.39 is 5.97 Å². The highest BCUT2D eigenvalue weighted by Crippen LogP contribution is 2.49. The van der Waals surface area contributed by atoms with E-state index >= 15 is 0 Å². The van der Waals surface area contributed by atoms with E-state index in [1.807, 2.05) is 54.6 Å². The van der Waals surface area contributed by atoms with Gasteiger partial charge in [0.15, 0.2) is 0 Å². The Morgan fingerprint density at radius 1 is 1.03 bits per heavy atom. The molecule has 1 unspecified atom stereocenters. The number of benzene rings is 2. The Bertz CT molecular complexity index is 1110. The number of carboxylic acids is 1. The van der Waals surface area contributed by atoms with Crippen LogP contribution in [-0.2, 0) is 4.79 Å². The molecule has 3 aromatic rings. The first-order chi connectivity index (χ1) is 15.1. The third kappa shape index (κ3) is 3.83. The molecule has 31 heavy (non-hydrogen) atoms. The number of carboxylic acid groups (broad SMARTS) is 1. The van der Waals surface area contributed by atoms with Crippen LogP contribution in [0.25, 0.3) is 11.1 Å². The van der Waals surface area contributed by atoms with Crippen LogP contribution in [0.1, 0.15) is 58.1 Å². The number of thiophene rings is 1. The Labute approximate surface area is 184 Å². The van der Waals surface area contributed by atoms with Gasteiger partial charge >= 0.3 is 5.97 Å². The Kier molecular flexibility index (Phi) is 5.24. The zero-order chi connectivity index (χ0) is 21.4. The summed E-state index contributed by atoms with van der Waals surface area (Å²) in [7, 11) is 0. The molecule has 1 saturated carbocycles. The van der Waals surface area contributed by atoms with Crippen molar-refractivity contribution in [3.63, 3.8) is 0 Å².